The number of thiophene rings is 1. The minimum atomic E-state index is -3.50. The van der Waals surface area contributed by atoms with Gasteiger partial charge in [0.15, 0.2) is 0 Å². The van der Waals surface area contributed by atoms with Crippen LogP contribution in [0.3, 0.4) is 0 Å². The fourth-order valence-corrected chi connectivity index (χ4v) is 6.05. The molecule has 4 rings (SSSR count). The number of morpholine rings is 1. The van der Waals surface area contributed by atoms with E-state index in [0.717, 1.165) is 15.6 Å². The zero-order chi connectivity index (χ0) is 19.6. The molecule has 0 radical (unpaired) electrons. The average molecular weight is 417 g/mol. The maximum atomic E-state index is 12.7. The number of rotatable bonds is 5. The van der Waals surface area contributed by atoms with Crippen molar-refractivity contribution in [2.24, 2.45) is 0 Å². The Balaban J connectivity index is 1.46. The van der Waals surface area contributed by atoms with E-state index in [4.69, 9.17) is 4.74 Å². The molecule has 1 N–H and O–H groups in total. The van der Waals surface area contributed by atoms with E-state index in [1.54, 1.807) is 18.2 Å². The van der Waals surface area contributed by atoms with Crippen LogP contribution in [0.4, 0.5) is 0 Å². The molecule has 0 aliphatic carbocycles. The number of hydrogen-bond acceptors (Lipinski definition) is 5. The monoisotopic (exact) mass is 416 g/mol. The van der Waals surface area contributed by atoms with Crippen LogP contribution in [0.2, 0.25) is 0 Å². The Kier molecular flexibility index (Phi) is 5.45. The lowest BCUT2D eigenvalue weighted by Crippen LogP contribution is -2.40. The molecule has 0 spiro atoms. The SMILES string of the molecule is O=C(NCc1ccc(S(=O)(=O)N2CCOCC2)s1)c1cccc2ccccc12. The summed E-state index contributed by atoms with van der Waals surface area (Å²) in [6, 6.07) is 16.7. The zero-order valence-corrected chi connectivity index (χ0v) is 16.8. The summed E-state index contributed by atoms with van der Waals surface area (Å²) >= 11 is 1.19. The van der Waals surface area contributed by atoms with Gasteiger partial charge in [-0.05, 0) is 29.0 Å². The number of amides is 1. The Morgan fingerprint density at radius 3 is 2.61 bits per heavy atom. The largest absolute Gasteiger partial charge is 0.379 e. The fraction of sp³-hybridized carbons (Fsp3) is 0.250. The van der Waals surface area contributed by atoms with Crippen molar-refractivity contribution in [2.45, 2.75) is 10.8 Å². The molecule has 2 aromatic carbocycles. The van der Waals surface area contributed by atoms with Crippen LogP contribution in [-0.4, -0.2) is 44.9 Å². The molecule has 0 bridgehead atoms. The Bertz CT molecular complexity index is 1100. The van der Waals surface area contributed by atoms with E-state index in [0.29, 0.717) is 36.1 Å². The number of nitrogens with zero attached hydrogens (tertiary/aromatic N) is 1. The van der Waals surface area contributed by atoms with Crippen LogP contribution in [-0.2, 0) is 21.3 Å². The first-order valence-corrected chi connectivity index (χ1v) is 11.2. The standard InChI is InChI=1S/C20H20N2O4S2/c23-20(18-7-3-5-15-4-1-2-6-17(15)18)21-14-16-8-9-19(27-16)28(24,25)22-10-12-26-13-11-22/h1-9H,10-14H2,(H,21,23). The van der Waals surface area contributed by atoms with Gasteiger partial charge in [0.2, 0.25) is 0 Å². The Labute approximate surface area is 167 Å². The highest BCUT2D eigenvalue weighted by molar-refractivity contribution is 7.91. The molecule has 6 nitrogen and oxygen atoms in total. The van der Waals surface area contributed by atoms with Crippen molar-refractivity contribution in [1.29, 1.82) is 0 Å². The number of nitrogens with one attached hydrogen (secondary N) is 1. The molecule has 8 heteroatoms. The van der Waals surface area contributed by atoms with Gasteiger partial charge >= 0.3 is 0 Å². The van der Waals surface area contributed by atoms with Gasteiger partial charge in [0.05, 0.1) is 19.8 Å². The van der Waals surface area contributed by atoms with Crippen LogP contribution in [0.5, 0.6) is 0 Å². The summed E-state index contributed by atoms with van der Waals surface area (Å²) in [6.45, 7) is 1.85. The molecule has 1 aliphatic rings. The highest BCUT2D eigenvalue weighted by Gasteiger charge is 2.27. The molecule has 28 heavy (non-hydrogen) atoms. The van der Waals surface area contributed by atoms with E-state index < -0.39 is 10.0 Å². The van der Waals surface area contributed by atoms with Gasteiger partial charge in [-0.3, -0.25) is 4.79 Å². The van der Waals surface area contributed by atoms with Gasteiger partial charge in [-0.25, -0.2) is 8.42 Å². The van der Waals surface area contributed by atoms with E-state index in [1.807, 2.05) is 36.4 Å². The first-order valence-electron chi connectivity index (χ1n) is 8.98. The molecule has 1 aromatic heterocycles. The summed E-state index contributed by atoms with van der Waals surface area (Å²) in [7, 11) is -3.50. The Hall–Kier alpha value is -2.26. The maximum Gasteiger partial charge on any atom is 0.252 e. The van der Waals surface area contributed by atoms with E-state index in [1.165, 1.54) is 15.6 Å². The van der Waals surface area contributed by atoms with Crippen LogP contribution in [0.25, 0.3) is 10.8 Å². The van der Waals surface area contributed by atoms with Gasteiger partial charge in [-0.1, -0.05) is 36.4 Å². The minimum absolute atomic E-state index is 0.178. The molecular weight excluding hydrogens is 396 g/mol. The Morgan fingerprint density at radius 1 is 1.04 bits per heavy atom. The lowest BCUT2D eigenvalue weighted by atomic mass is 10.0. The van der Waals surface area contributed by atoms with Crippen LogP contribution in [0.1, 0.15) is 15.2 Å². The highest BCUT2D eigenvalue weighted by Crippen LogP contribution is 2.26. The highest BCUT2D eigenvalue weighted by atomic mass is 32.2. The van der Waals surface area contributed by atoms with Crippen molar-refractivity contribution < 1.29 is 17.9 Å². The summed E-state index contributed by atoms with van der Waals surface area (Å²) in [6.07, 6.45) is 0. The van der Waals surface area contributed by atoms with Crippen LogP contribution in [0, 0.1) is 0 Å². The number of carbonyl (C=O) groups excluding carboxylic acids is 1. The molecule has 146 valence electrons. The molecule has 0 atom stereocenters. The molecule has 3 aromatic rings. The lowest BCUT2D eigenvalue weighted by molar-refractivity contribution is 0.0731. The van der Waals surface area contributed by atoms with Crippen molar-refractivity contribution in [3.63, 3.8) is 0 Å². The third kappa shape index (κ3) is 3.81. The number of sulfonamides is 1. The summed E-state index contributed by atoms with van der Waals surface area (Å²) in [5.41, 5.74) is 0.607. The number of ether oxygens (including phenoxy) is 1. The smallest absolute Gasteiger partial charge is 0.252 e. The number of fused-ring (bicyclic) bond motifs is 1. The predicted octanol–water partition coefficient (Wildman–Crippen LogP) is 2.85. The van der Waals surface area contributed by atoms with E-state index >= 15 is 0 Å². The third-order valence-corrected chi connectivity index (χ3v) is 8.11. The molecule has 0 saturated carbocycles. The topological polar surface area (TPSA) is 75.7 Å². The third-order valence-electron chi connectivity index (χ3n) is 4.66. The molecular formula is C20H20N2O4S2. The first-order chi connectivity index (χ1) is 13.6. The van der Waals surface area contributed by atoms with E-state index in [9.17, 15) is 13.2 Å². The molecule has 0 unspecified atom stereocenters. The second-order valence-corrected chi connectivity index (χ2v) is 9.78. The quantitative estimate of drug-likeness (QED) is 0.694. The van der Waals surface area contributed by atoms with Gasteiger partial charge in [-0.2, -0.15) is 4.31 Å². The second-order valence-electron chi connectivity index (χ2n) is 6.45. The Morgan fingerprint density at radius 2 is 1.79 bits per heavy atom. The van der Waals surface area contributed by atoms with Gasteiger partial charge in [0.25, 0.3) is 15.9 Å². The summed E-state index contributed by atoms with van der Waals surface area (Å²) in [5, 5.41) is 4.79. The second kappa shape index (κ2) is 8.00. The fourth-order valence-electron chi connectivity index (χ4n) is 3.19. The van der Waals surface area contributed by atoms with Crippen molar-refractivity contribution in [2.75, 3.05) is 26.3 Å². The van der Waals surface area contributed by atoms with Gasteiger partial charge in [-0.15, -0.1) is 11.3 Å². The van der Waals surface area contributed by atoms with Crippen LogP contribution >= 0.6 is 11.3 Å². The number of benzene rings is 2. The summed E-state index contributed by atoms with van der Waals surface area (Å²) < 4.78 is 32.4. The predicted molar refractivity (Wildman–Crippen MR) is 109 cm³/mol. The minimum Gasteiger partial charge on any atom is -0.379 e. The molecule has 1 fully saturated rings. The van der Waals surface area contributed by atoms with Crippen molar-refractivity contribution in [3.8, 4) is 0 Å². The number of hydrogen-bond donors (Lipinski definition) is 1. The van der Waals surface area contributed by atoms with Gasteiger partial charge in [0.1, 0.15) is 4.21 Å². The van der Waals surface area contributed by atoms with Gasteiger partial charge < -0.3 is 10.1 Å². The van der Waals surface area contributed by atoms with Crippen molar-refractivity contribution in [1.82, 2.24) is 9.62 Å². The van der Waals surface area contributed by atoms with E-state index in [-0.39, 0.29) is 12.5 Å². The molecule has 1 aliphatic heterocycles. The molecule has 1 saturated heterocycles. The van der Waals surface area contributed by atoms with Crippen molar-refractivity contribution in [3.05, 3.63) is 65.0 Å². The lowest BCUT2D eigenvalue weighted by Gasteiger charge is -2.25. The summed E-state index contributed by atoms with van der Waals surface area (Å²) in [5.74, 6) is -0.178. The van der Waals surface area contributed by atoms with Crippen LogP contribution < -0.4 is 5.32 Å². The van der Waals surface area contributed by atoms with Crippen LogP contribution in [0.15, 0.2) is 58.8 Å². The van der Waals surface area contributed by atoms with Crippen molar-refractivity contribution >= 4 is 38.0 Å². The van der Waals surface area contributed by atoms with Gasteiger partial charge in [0, 0.05) is 23.5 Å². The summed E-state index contributed by atoms with van der Waals surface area (Å²) in [4.78, 5) is 13.4. The molecule has 1 amide bonds. The normalized spacial score (nSPS) is 15.6. The first kappa shape index (κ1) is 19.1. The average Bonchev–Trinajstić information content (AvgIpc) is 3.22. The number of carbonyl (C=O) groups is 1. The maximum absolute atomic E-state index is 12.7. The molecule has 2 heterocycles. The van der Waals surface area contributed by atoms with E-state index in [2.05, 4.69) is 5.32 Å². The zero-order valence-electron chi connectivity index (χ0n) is 15.1.